The SMILES string of the molecule is Cc1nc(COc2ccc(S(=O)(=O)Cl)c(F)c2F)no1. The maximum Gasteiger partial charge on any atom is 0.264 e. The van der Waals surface area contributed by atoms with Gasteiger partial charge in [0.1, 0.15) is 4.90 Å². The molecule has 0 radical (unpaired) electrons. The van der Waals surface area contributed by atoms with Gasteiger partial charge < -0.3 is 9.26 Å². The second kappa shape index (κ2) is 5.33. The van der Waals surface area contributed by atoms with E-state index in [9.17, 15) is 17.2 Å². The van der Waals surface area contributed by atoms with Crippen LogP contribution in [0.15, 0.2) is 21.6 Å². The zero-order valence-corrected chi connectivity index (χ0v) is 11.5. The summed E-state index contributed by atoms with van der Waals surface area (Å²) in [4.78, 5) is 2.84. The highest BCUT2D eigenvalue weighted by Crippen LogP contribution is 2.27. The quantitative estimate of drug-likeness (QED) is 0.802. The number of benzene rings is 1. The summed E-state index contributed by atoms with van der Waals surface area (Å²) in [6, 6.07) is 1.75. The second-order valence-electron chi connectivity index (χ2n) is 3.65. The Hall–Kier alpha value is -1.74. The summed E-state index contributed by atoms with van der Waals surface area (Å²) in [5.41, 5.74) is 0. The number of hydrogen-bond acceptors (Lipinski definition) is 6. The Morgan fingerprint density at radius 1 is 1.35 bits per heavy atom. The molecule has 1 aromatic heterocycles. The lowest BCUT2D eigenvalue weighted by Crippen LogP contribution is -2.04. The van der Waals surface area contributed by atoms with Crippen LogP contribution in [-0.2, 0) is 15.7 Å². The van der Waals surface area contributed by atoms with Crippen LogP contribution >= 0.6 is 10.7 Å². The number of aryl methyl sites for hydroxylation is 1. The second-order valence-corrected chi connectivity index (χ2v) is 6.18. The van der Waals surface area contributed by atoms with E-state index in [0.717, 1.165) is 12.1 Å². The first-order valence-corrected chi connectivity index (χ1v) is 7.44. The molecule has 0 saturated heterocycles. The van der Waals surface area contributed by atoms with E-state index in [2.05, 4.69) is 14.7 Å². The molecule has 2 aromatic rings. The van der Waals surface area contributed by atoms with Crippen LogP contribution in [0.5, 0.6) is 5.75 Å². The molecule has 108 valence electrons. The van der Waals surface area contributed by atoms with E-state index in [4.69, 9.17) is 15.4 Å². The minimum absolute atomic E-state index is 0.136. The molecule has 0 aliphatic carbocycles. The highest BCUT2D eigenvalue weighted by molar-refractivity contribution is 8.13. The fourth-order valence-electron chi connectivity index (χ4n) is 1.36. The van der Waals surface area contributed by atoms with Crippen molar-refractivity contribution in [2.45, 2.75) is 18.4 Å². The van der Waals surface area contributed by atoms with Crippen molar-refractivity contribution in [2.24, 2.45) is 0 Å². The summed E-state index contributed by atoms with van der Waals surface area (Å²) in [6.45, 7) is 1.29. The third kappa shape index (κ3) is 3.05. The van der Waals surface area contributed by atoms with Crippen LogP contribution in [0.1, 0.15) is 11.7 Å². The van der Waals surface area contributed by atoms with Gasteiger partial charge >= 0.3 is 0 Å². The van der Waals surface area contributed by atoms with Crippen LogP contribution in [0.3, 0.4) is 0 Å². The topological polar surface area (TPSA) is 82.3 Å². The molecule has 0 saturated carbocycles. The molecule has 0 fully saturated rings. The molecular weight excluding hydrogens is 318 g/mol. The lowest BCUT2D eigenvalue weighted by molar-refractivity contribution is 0.267. The third-order valence-corrected chi connectivity index (χ3v) is 3.54. The van der Waals surface area contributed by atoms with Gasteiger partial charge in [-0.1, -0.05) is 5.16 Å². The van der Waals surface area contributed by atoms with Crippen molar-refractivity contribution in [2.75, 3.05) is 0 Å². The van der Waals surface area contributed by atoms with Gasteiger partial charge in [0, 0.05) is 17.6 Å². The van der Waals surface area contributed by atoms with Crippen molar-refractivity contribution in [3.8, 4) is 5.75 Å². The molecule has 1 aromatic carbocycles. The van der Waals surface area contributed by atoms with Crippen LogP contribution in [0.4, 0.5) is 8.78 Å². The van der Waals surface area contributed by atoms with E-state index in [1.165, 1.54) is 0 Å². The summed E-state index contributed by atoms with van der Waals surface area (Å²) in [7, 11) is 0.582. The van der Waals surface area contributed by atoms with Gasteiger partial charge in [0.05, 0.1) is 0 Å². The first kappa shape index (κ1) is 14.7. The lowest BCUT2D eigenvalue weighted by atomic mass is 10.3. The molecular formula is C10H7ClF2N2O4S. The average Bonchev–Trinajstić information content (AvgIpc) is 2.75. The Labute approximate surface area is 116 Å². The first-order chi connectivity index (χ1) is 9.29. The molecule has 0 spiro atoms. The summed E-state index contributed by atoms with van der Waals surface area (Å²) < 4.78 is 58.7. The van der Waals surface area contributed by atoms with Crippen molar-refractivity contribution in [1.29, 1.82) is 0 Å². The Balaban J connectivity index is 2.24. The highest BCUT2D eigenvalue weighted by Gasteiger charge is 2.22. The summed E-state index contributed by atoms with van der Waals surface area (Å²) in [5.74, 6) is -3.14. The number of ether oxygens (including phenoxy) is 1. The summed E-state index contributed by atoms with van der Waals surface area (Å²) in [6.07, 6.45) is 0. The van der Waals surface area contributed by atoms with Gasteiger partial charge in [0.2, 0.25) is 17.5 Å². The highest BCUT2D eigenvalue weighted by atomic mass is 35.7. The number of nitrogens with zero attached hydrogens (tertiary/aromatic N) is 2. The van der Waals surface area contributed by atoms with Crippen LogP contribution < -0.4 is 4.74 Å². The normalized spacial score (nSPS) is 11.6. The molecule has 10 heteroatoms. The van der Waals surface area contributed by atoms with E-state index in [1.54, 1.807) is 6.92 Å². The number of halogens is 3. The summed E-state index contributed by atoms with van der Waals surface area (Å²) in [5, 5.41) is 3.50. The predicted molar refractivity (Wildman–Crippen MR) is 62.8 cm³/mol. The van der Waals surface area contributed by atoms with Gasteiger partial charge in [-0.3, -0.25) is 0 Å². The van der Waals surface area contributed by atoms with Crippen LogP contribution in [0, 0.1) is 18.6 Å². The smallest absolute Gasteiger partial charge is 0.264 e. The Kier molecular flexibility index (Phi) is 3.91. The van der Waals surface area contributed by atoms with E-state index in [1.807, 2.05) is 0 Å². The fourth-order valence-corrected chi connectivity index (χ4v) is 2.25. The third-order valence-electron chi connectivity index (χ3n) is 2.20. The summed E-state index contributed by atoms with van der Waals surface area (Å²) >= 11 is 0. The molecule has 0 aliphatic rings. The van der Waals surface area contributed by atoms with Crippen molar-refractivity contribution < 1.29 is 26.5 Å². The fraction of sp³-hybridized carbons (Fsp3) is 0.200. The molecule has 20 heavy (non-hydrogen) atoms. The van der Waals surface area contributed by atoms with Crippen molar-refractivity contribution in [3.63, 3.8) is 0 Å². The maximum absolute atomic E-state index is 13.6. The molecule has 2 rings (SSSR count). The van der Waals surface area contributed by atoms with Gasteiger partial charge in [-0.25, -0.2) is 12.8 Å². The van der Waals surface area contributed by atoms with Gasteiger partial charge in [-0.2, -0.15) is 9.37 Å². The van der Waals surface area contributed by atoms with Gasteiger partial charge in [-0.15, -0.1) is 0 Å². The number of rotatable bonds is 4. The van der Waals surface area contributed by atoms with Crippen LogP contribution in [-0.4, -0.2) is 18.6 Å². The predicted octanol–water partition coefficient (Wildman–Crippen LogP) is 2.16. The largest absolute Gasteiger partial charge is 0.482 e. The van der Waals surface area contributed by atoms with E-state index >= 15 is 0 Å². The van der Waals surface area contributed by atoms with Gasteiger partial charge in [0.15, 0.2) is 18.2 Å². The van der Waals surface area contributed by atoms with Crippen molar-refractivity contribution >= 4 is 19.7 Å². The maximum atomic E-state index is 13.6. The molecule has 0 aliphatic heterocycles. The molecule has 0 amide bonds. The molecule has 0 atom stereocenters. The van der Waals surface area contributed by atoms with Crippen molar-refractivity contribution in [1.82, 2.24) is 10.1 Å². The van der Waals surface area contributed by atoms with Crippen molar-refractivity contribution in [3.05, 3.63) is 35.5 Å². The molecule has 1 heterocycles. The zero-order chi connectivity index (χ0) is 14.9. The zero-order valence-electron chi connectivity index (χ0n) is 9.93. The Bertz CT molecular complexity index is 748. The van der Waals surface area contributed by atoms with E-state index in [0.29, 0.717) is 5.89 Å². The minimum atomic E-state index is -4.37. The van der Waals surface area contributed by atoms with Crippen LogP contribution in [0.2, 0.25) is 0 Å². The monoisotopic (exact) mass is 324 g/mol. The average molecular weight is 325 g/mol. The van der Waals surface area contributed by atoms with Crippen LogP contribution in [0.25, 0.3) is 0 Å². The van der Waals surface area contributed by atoms with E-state index < -0.39 is 31.3 Å². The standard InChI is InChI=1S/C10H7ClF2N2O4S/c1-5-14-8(15-19-5)4-18-6-2-3-7(20(11,16)17)10(13)9(6)12/h2-3H,4H2,1H3. The number of hydrogen-bond donors (Lipinski definition) is 0. The Morgan fingerprint density at radius 2 is 2.05 bits per heavy atom. The molecule has 6 nitrogen and oxygen atoms in total. The molecule has 0 bridgehead atoms. The minimum Gasteiger partial charge on any atom is -0.482 e. The molecule has 0 unspecified atom stereocenters. The number of aromatic nitrogens is 2. The lowest BCUT2D eigenvalue weighted by Gasteiger charge is -2.07. The Morgan fingerprint density at radius 3 is 2.60 bits per heavy atom. The van der Waals surface area contributed by atoms with Gasteiger partial charge in [-0.05, 0) is 12.1 Å². The van der Waals surface area contributed by atoms with E-state index in [-0.39, 0.29) is 12.4 Å². The van der Waals surface area contributed by atoms with Gasteiger partial charge in [0.25, 0.3) is 9.05 Å². The first-order valence-electron chi connectivity index (χ1n) is 5.13. The molecule has 0 N–H and O–H groups in total.